The van der Waals surface area contributed by atoms with E-state index in [0.717, 1.165) is 31.2 Å². The molecule has 0 spiro atoms. The Kier molecular flexibility index (Phi) is 7.67. The summed E-state index contributed by atoms with van der Waals surface area (Å²) in [6.07, 6.45) is 3.84. The van der Waals surface area contributed by atoms with Gasteiger partial charge in [-0.15, -0.1) is 12.4 Å². The lowest BCUT2D eigenvalue weighted by Gasteiger charge is -2.29. The maximum Gasteiger partial charge on any atom is 0.223 e. The first-order valence-electron chi connectivity index (χ1n) is 7.78. The molecule has 0 heterocycles. The maximum absolute atomic E-state index is 12.5. The van der Waals surface area contributed by atoms with Gasteiger partial charge in [-0.1, -0.05) is 44.0 Å². The zero-order valence-electron chi connectivity index (χ0n) is 13.2. The van der Waals surface area contributed by atoms with Crippen molar-refractivity contribution in [2.75, 3.05) is 0 Å². The maximum atomic E-state index is 12.5. The summed E-state index contributed by atoms with van der Waals surface area (Å²) in [7, 11) is 0. The van der Waals surface area contributed by atoms with Gasteiger partial charge in [-0.3, -0.25) is 4.79 Å². The lowest BCUT2D eigenvalue weighted by atomic mass is 9.85. The summed E-state index contributed by atoms with van der Waals surface area (Å²) in [5.41, 5.74) is 7.09. The van der Waals surface area contributed by atoms with E-state index in [9.17, 15) is 4.79 Å². The number of rotatable bonds is 4. The van der Waals surface area contributed by atoms with Gasteiger partial charge in [0.2, 0.25) is 5.91 Å². The van der Waals surface area contributed by atoms with Crippen molar-refractivity contribution in [3.63, 3.8) is 0 Å². The Bertz CT molecular complexity index is 476. The molecule has 1 amide bonds. The van der Waals surface area contributed by atoms with Crippen LogP contribution in [0.4, 0.5) is 0 Å². The Hall–Kier alpha value is -0.770. The van der Waals surface area contributed by atoms with Crippen LogP contribution in [0.3, 0.4) is 0 Å². The molecule has 5 heteroatoms. The summed E-state index contributed by atoms with van der Waals surface area (Å²) < 4.78 is 0. The number of amides is 1. The van der Waals surface area contributed by atoms with Crippen LogP contribution in [-0.4, -0.2) is 11.9 Å². The van der Waals surface area contributed by atoms with Crippen molar-refractivity contribution >= 4 is 29.9 Å². The van der Waals surface area contributed by atoms with Crippen LogP contribution in [0.15, 0.2) is 24.3 Å². The highest BCUT2D eigenvalue weighted by Gasteiger charge is 2.28. The first kappa shape index (κ1) is 19.3. The van der Waals surface area contributed by atoms with Gasteiger partial charge in [0, 0.05) is 17.0 Å². The molecule has 1 fully saturated rings. The second-order valence-electron chi connectivity index (χ2n) is 6.41. The van der Waals surface area contributed by atoms with Crippen molar-refractivity contribution in [1.82, 2.24) is 5.32 Å². The van der Waals surface area contributed by atoms with Crippen molar-refractivity contribution in [2.24, 2.45) is 17.6 Å². The molecule has 1 aromatic carbocycles. The quantitative estimate of drug-likeness (QED) is 0.863. The zero-order valence-corrected chi connectivity index (χ0v) is 14.8. The molecule has 3 unspecified atom stereocenters. The molecule has 0 aliphatic heterocycles. The van der Waals surface area contributed by atoms with E-state index in [1.54, 1.807) is 0 Å². The fourth-order valence-corrected chi connectivity index (χ4v) is 3.17. The Morgan fingerprint density at radius 1 is 1.27 bits per heavy atom. The standard InChI is InChI=1S/C17H25ClN2O.ClH/c1-11(2)16(12-6-8-14(18)9-7-12)20-17(21)13-4-3-5-15(19)10-13;/h6-9,11,13,15-16H,3-5,10,19H2,1-2H3,(H,20,21);1H. The SMILES string of the molecule is CC(C)C(NC(=O)C1CCCC(N)C1)c1ccc(Cl)cc1.Cl. The molecule has 3 nitrogen and oxygen atoms in total. The molecule has 0 radical (unpaired) electrons. The van der Waals surface area contributed by atoms with Crippen LogP contribution in [0.25, 0.3) is 0 Å². The van der Waals surface area contributed by atoms with E-state index in [1.165, 1.54) is 0 Å². The summed E-state index contributed by atoms with van der Waals surface area (Å²) in [6.45, 7) is 4.23. The van der Waals surface area contributed by atoms with Gasteiger partial charge in [0.05, 0.1) is 6.04 Å². The first-order chi connectivity index (χ1) is 9.97. The molecule has 1 aromatic rings. The molecule has 1 saturated carbocycles. The summed E-state index contributed by atoms with van der Waals surface area (Å²) in [5.74, 6) is 0.522. The Balaban J connectivity index is 0.00000242. The third kappa shape index (κ3) is 5.15. The van der Waals surface area contributed by atoms with Crippen LogP contribution in [0.1, 0.15) is 51.1 Å². The van der Waals surface area contributed by atoms with E-state index in [4.69, 9.17) is 17.3 Å². The van der Waals surface area contributed by atoms with Crippen molar-refractivity contribution in [2.45, 2.75) is 51.6 Å². The molecule has 3 atom stereocenters. The second kappa shape index (κ2) is 8.76. The Morgan fingerprint density at radius 3 is 2.45 bits per heavy atom. The predicted octanol–water partition coefficient (Wildman–Crippen LogP) is 4.09. The van der Waals surface area contributed by atoms with Gasteiger partial charge in [0.15, 0.2) is 0 Å². The molecular formula is C17H26Cl2N2O. The number of carbonyl (C=O) groups excluding carboxylic acids is 1. The molecule has 3 N–H and O–H groups in total. The minimum atomic E-state index is 0. The van der Waals surface area contributed by atoms with Crippen molar-refractivity contribution in [1.29, 1.82) is 0 Å². The monoisotopic (exact) mass is 344 g/mol. The van der Waals surface area contributed by atoms with Gasteiger partial charge in [-0.25, -0.2) is 0 Å². The number of carbonyl (C=O) groups is 1. The predicted molar refractivity (Wildman–Crippen MR) is 94.4 cm³/mol. The largest absolute Gasteiger partial charge is 0.349 e. The second-order valence-corrected chi connectivity index (χ2v) is 6.84. The summed E-state index contributed by atoms with van der Waals surface area (Å²) in [4.78, 5) is 12.5. The molecule has 0 saturated heterocycles. The van der Waals surface area contributed by atoms with Gasteiger partial charge >= 0.3 is 0 Å². The molecule has 1 aliphatic rings. The number of nitrogens with one attached hydrogen (secondary N) is 1. The van der Waals surface area contributed by atoms with Crippen LogP contribution in [-0.2, 0) is 4.79 Å². The number of nitrogens with two attached hydrogens (primary N) is 1. The van der Waals surface area contributed by atoms with E-state index < -0.39 is 0 Å². The number of benzene rings is 1. The molecular weight excluding hydrogens is 319 g/mol. The average Bonchev–Trinajstić information content (AvgIpc) is 2.45. The molecule has 22 heavy (non-hydrogen) atoms. The summed E-state index contributed by atoms with van der Waals surface area (Å²) in [5, 5.41) is 3.92. The van der Waals surface area contributed by atoms with E-state index in [-0.39, 0.29) is 36.3 Å². The van der Waals surface area contributed by atoms with Crippen LogP contribution in [0, 0.1) is 11.8 Å². The third-order valence-corrected chi connectivity index (χ3v) is 4.53. The minimum Gasteiger partial charge on any atom is -0.349 e. The van der Waals surface area contributed by atoms with Crippen LogP contribution >= 0.6 is 24.0 Å². The van der Waals surface area contributed by atoms with Crippen molar-refractivity contribution in [3.8, 4) is 0 Å². The van der Waals surface area contributed by atoms with Crippen molar-refractivity contribution in [3.05, 3.63) is 34.9 Å². The smallest absolute Gasteiger partial charge is 0.223 e. The van der Waals surface area contributed by atoms with E-state index >= 15 is 0 Å². The lowest BCUT2D eigenvalue weighted by molar-refractivity contribution is -0.127. The Labute approximate surface area is 144 Å². The fraction of sp³-hybridized carbons (Fsp3) is 0.588. The van der Waals surface area contributed by atoms with Gasteiger partial charge in [-0.05, 0) is 42.9 Å². The van der Waals surface area contributed by atoms with Crippen LogP contribution in [0.5, 0.6) is 0 Å². The van der Waals surface area contributed by atoms with Gasteiger partial charge < -0.3 is 11.1 Å². The molecule has 0 aromatic heterocycles. The van der Waals surface area contributed by atoms with E-state index in [0.29, 0.717) is 10.9 Å². The summed E-state index contributed by atoms with van der Waals surface area (Å²) in [6, 6.07) is 7.90. The fourth-order valence-electron chi connectivity index (χ4n) is 3.04. The minimum absolute atomic E-state index is 0. The number of hydrogen-bond donors (Lipinski definition) is 2. The number of halogens is 2. The van der Waals surface area contributed by atoms with Crippen LogP contribution in [0.2, 0.25) is 5.02 Å². The Morgan fingerprint density at radius 2 is 1.91 bits per heavy atom. The average molecular weight is 345 g/mol. The third-order valence-electron chi connectivity index (χ3n) is 4.28. The summed E-state index contributed by atoms with van der Waals surface area (Å²) >= 11 is 5.94. The molecule has 1 aliphatic carbocycles. The highest BCUT2D eigenvalue weighted by Crippen LogP contribution is 2.27. The van der Waals surface area contributed by atoms with Gasteiger partial charge in [0.25, 0.3) is 0 Å². The van der Waals surface area contributed by atoms with Crippen LogP contribution < -0.4 is 11.1 Å². The van der Waals surface area contributed by atoms with E-state index in [1.807, 2.05) is 24.3 Å². The zero-order chi connectivity index (χ0) is 15.4. The normalized spacial score (nSPS) is 22.8. The van der Waals surface area contributed by atoms with E-state index in [2.05, 4.69) is 19.2 Å². The topological polar surface area (TPSA) is 55.1 Å². The first-order valence-corrected chi connectivity index (χ1v) is 8.16. The lowest BCUT2D eigenvalue weighted by Crippen LogP contribution is -2.40. The highest BCUT2D eigenvalue weighted by molar-refractivity contribution is 6.30. The highest BCUT2D eigenvalue weighted by atomic mass is 35.5. The molecule has 124 valence electrons. The molecule has 0 bridgehead atoms. The van der Waals surface area contributed by atoms with Gasteiger partial charge in [-0.2, -0.15) is 0 Å². The molecule has 2 rings (SSSR count). The van der Waals surface area contributed by atoms with Gasteiger partial charge in [0.1, 0.15) is 0 Å². The van der Waals surface area contributed by atoms with Crippen molar-refractivity contribution < 1.29 is 4.79 Å². The number of hydrogen-bond acceptors (Lipinski definition) is 2.